The molecule has 1 atom stereocenters. The second-order valence-corrected chi connectivity index (χ2v) is 8.24. The van der Waals surface area contributed by atoms with E-state index in [1.54, 1.807) is 11.8 Å². The molecule has 0 saturated heterocycles. The molecule has 1 aromatic heterocycles. The number of aromatic nitrogens is 1. The lowest BCUT2D eigenvalue weighted by molar-refractivity contribution is 0.101. The van der Waals surface area contributed by atoms with Crippen molar-refractivity contribution in [2.45, 2.75) is 44.9 Å². The van der Waals surface area contributed by atoms with Gasteiger partial charge in [0.1, 0.15) is 5.76 Å². The zero-order valence-electron chi connectivity index (χ0n) is 14.7. The van der Waals surface area contributed by atoms with Crippen molar-refractivity contribution in [3.63, 3.8) is 0 Å². The predicted molar refractivity (Wildman–Crippen MR) is 97.6 cm³/mol. The number of amides is 1. The number of anilines is 1. The first-order valence-electron chi connectivity index (χ1n) is 8.32. The third-order valence-corrected chi connectivity index (χ3v) is 5.63. The maximum Gasteiger partial charge on any atom is 0.278 e. The van der Waals surface area contributed by atoms with Crippen LogP contribution in [0.25, 0.3) is 0 Å². The van der Waals surface area contributed by atoms with Gasteiger partial charge < -0.3 is 9.84 Å². The first-order chi connectivity index (χ1) is 11.4. The zero-order chi connectivity index (χ0) is 17.3. The highest BCUT2D eigenvalue weighted by molar-refractivity contribution is 7.98. The van der Waals surface area contributed by atoms with E-state index in [1.165, 1.54) is 0 Å². The first kappa shape index (κ1) is 17.1. The zero-order valence-corrected chi connectivity index (χ0v) is 15.5. The van der Waals surface area contributed by atoms with Crippen LogP contribution in [-0.2, 0) is 12.8 Å². The maximum absolute atomic E-state index is 12.7. The molecule has 2 aromatic rings. The Bertz CT molecular complexity index is 746. The lowest BCUT2D eigenvalue weighted by atomic mass is 9.71. The van der Waals surface area contributed by atoms with E-state index in [2.05, 4.69) is 31.2 Å². The Balaban J connectivity index is 1.84. The highest BCUT2D eigenvalue weighted by Gasteiger charge is 2.34. The lowest BCUT2D eigenvalue weighted by Gasteiger charge is -2.33. The molecular weight excluding hydrogens is 320 g/mol. The summed E-state index contributed by atoms with van der Waals surface area (Å²) in [4.78, 5) is 13.8. The van der Waals surface area contributed by atoms with Gasteiger partial charge >= 0.3 is 0 Å². The number of nitrogens with one attached hydrogen (secondary N) is 1. The van der Waals surface area contributed by atoms with Crippen LogP contribution in [0, 0.1) is 11.3 Å². The molecule has 1 aromatic carbocycles. The van der Waals surface area contributed by atoms with Crippen LogP contribution in [0.4, 0.5) is 5.69 Å². The van der Waals surface area contributed by atoms with E-state index in [1.807, 2.05) is 30.5 Å². The number of aryl methyl sites for hydroxylation is 1. The van der Waals surface area contributed by atoms with Crippen molar-refractivity contribution in [1.29, 1.82) is 0 Å². The Labute approximate surface area is 147 Å². The normalized spacial score (nSPS) is 17.4. The molecule has 1 N–H and O–H groups in total. The molecule has 0 radical (unpaired) electrons. The highest BCUT2D eigenvalue weighted by Crippen LogP contribution is 2.38. The van der Waals surface area contributed by atoms with E-state index in [0.29, 0.717) is 11.6 Å². The van der Waals surface area contributed by atoms with Gasteiger partial charge in [-0.25, -0.2) is 0 Å². The third kappa shape index (κ3) is 3.36. The van der Waals surface area contributed by atoms with Crippen LogP contribution in [0.3, 0.4) is 0 Å². The number of rotatable bonds is 3. The molecule has 1 aliphatic rings. The largest absolute Gasteiger partial charge is 0.360 e. The summed E-state index contributed by atoms with van der Waals surface area (Å²) in [5, 5.41) is 7.06. The maximum atomic E-state index is 12.7. The number of hydrogen-bond acceptors (Lipinski definition) is 4. The van der Waals surface area contributed by atoms with Crippen LogP contribution in [0.5, 0.6) is 0 Å². The van der Waals surface area contributed by atoms with Gasteiger partial charge in [-0.3, -0.25) is 4.79 Å². The minimum absolute atomic E-state index is 0.184. The van der Waals surface area contributed by atoms with Gasteiger partial charge in [-0.15, -0.1) is 11.8 Å². The van der Waals surface area contributed by atoms with Crippen molar-refractivity contribution < 1.29 is 9.32 Å². The van der Waals surface area contributed by atoms with Crippen molar-refractivity contribution in [3.8, 4) is 0 Å². The van der Waals surface area contributed by atoms with Gasteiger partial charge in [0.2, 0.25) is 0 Å². The fourth-order valence-electron chi connectivity index (χ4n) is 3.25. The summed E-state index contributed by atoms with van der Waals surface area (Å²) in [5.74, 6) is 1.23. The number of fused-ring (bicyclic) bond motifs is 1. The van der Waals surface area contributed by atoms with Crippen molar-refractivity contribution >= 4 is 23.4 Å². The Kier molecular flexibility index (Phi) is 4.72. The topological polar surface area (TPSA) is 55.1 Å². The Morgan fingerprint density at radius 3 is 2.79 bits per heavy atom. The van der Waals surface area contributed by atoms with Crippen molar-refractivity contribution in [1.82, 2.24) is 5.16 Å². The number of hydrogen-bond donors (Lipinski definition) is 1. The standard InChI is InChI=1S/C19H24N2O2S/c1-19(2,3)12-9-10-15-13(11-12)17(21-23-15)18(22)20-14-7-5-6-8-16(14)24-4/h5-8,12H,9-11H2,1-4H3,(H,20,22)/t12-/m1/s1. The van der Waals surface area contributed by atoms with Crippen molar-refractivity contribution in [3.05, 3.63) is 41.3 Å². The molecule has 128 valence electrons. The molecule has 1 amide bonds. The minimum Gasteiger partial charge on any atom is -0.360 e. The van der Waals surface area contributed by atoms with Crippen LogP contribution in [-0.4, -0.2) is 17.3 Å². The number of carbonyl (C=O) groups excluding carboxylic acids is 1. The Morgan fingerprint density at radius 1 is 1.33 bits per heavy atom. The lowest BCUT2D eigenvalue weighted by Crippen LogP contribution is -2.27. The molecule has 0 saturated carbocycles. The monoisotopic (exact) mass is 344 g/mol. The van der Waals surface area contributed by atoms with Gasteiger partial charge in [0.05, 0.1) is 5.69 Å². The average Bonchev–Trinajstić information content (AvgIpc) is 2.97. The summed E-state index contributed by atoms with van der Waals surface area (Å²) < 4.78 is 5.45. The molecule has 1 heterocycles. The third-order valence-electron chi connectivity index (χ3n) is 4.83. The SMILES string of the molecule is CSc1ccccc1NC(=O)c1noc2c1C[C@H](C(C)(C)C)CC2. The molecule has 3 rings (SSSR count). The fraction of sp³-hybridized carbons (Fsp3) is 0.474. The molecule has 24 heavy (non-hydrogen) atoms. The quantitative estimate of drug-likeness (QED) is 0.813. The van der Waals surface area contributed by atoms with Gasteiger partial charge in [-0.05, 0) is 42.6 Å². The Morgan fingerprint density at radius 2 is 2.08 bits per heavy atom. The van der Waals surface area contributed by atoms with Gasteiger partial charge in [0.25, 0.3) is 5.91 Å². The molecule has 0 spiro atoms. The van der Waals surface area contributed by atoms with E-state index in [0.717, 1.165) is 41.2 Å². The van der Waals surface area contributed by atoms with E-state index >= 15 is 0 Å². The molecule has 0 bridgehead atoms. The molecule has 0 fully saturated rings. The van der Waals surface area contributed by atoms with E-state index in [-0.39, 0.29) is 11.3 Å². The fourth-order valence-corrected chi connectivity index (χ4v) is 3.80. The molecular formula is C19H24N2O2S. The summed E-state index contributed by atoms with van der Waals surface area (Å²) in [5.41, 5.74) is 2.46. The smallest absolute Gasteiger partial charge is 0.278 e. The number of nitrogens with zero attached hydrogens (tertiary/aromatic N) is 1. The molecule has 0 aliphatic heterocycles. The van der Waals surface area contributed by atoms with Crippen LogP contribution in [0.1, 0.15) is 49.0 Å². The van der Waals surface area contributed by atoms with Crippen molar-refractivity contribution in [2.24, 2.45) is 11.3 Å². The predicted octanol–water partition coefficient (Wildman–Crippen LogP) is 4.80. The molecule has 5 heteroatoms. The molecule has 0 unspecified atom stereocenters. The summed E-state index contributed by atoms with van der Waals surface area (Å²) in [7, 11) is 0. The summed E-state index contributed by atoms with van der Waals surface area (Å²) in [6.45, 7) is 6.76. The van der Waals surface area contributed by atoms with Gasteiger partial charge in [-0.1, -0.05) is 38.1 Å². The van der Waals surface area contributed by atoms with E-state index < -0.39 is 0 Å². The summed E-state index contributed by atoms with van der Waals surface area (Å²) >= 11 is 1.61. The highest BCUT2D eigenvalue weighted by atomic mass is 32.2. The summed E-state index contributed by atoms with van der Waals surface area (Å²) in [6, 6.07) is 7.79. The average molecular weight is 344 g/mol. The van der Waals surface area contributed by atoms with Crippen LogP contribution in [0.15, 0.2) is 33.7 Å². The second kappa shape index (κ2) is 6.63. The van der Waals surface area contributed by atoms with Gasteiger partial charge in [0, 0.05) is 16.9 Å². The minimum atomic E-state index is -0.184. The van der Waals surface area contributed by atoms with Gasteiger partial charge in [-0.2, -0.15) is 0 Å². The molecule has 4 nitrogen and oxygen atoms in total. The Hall–Kier alpha value is -1.75. The number of benzene rings is 1. The van der Waals surface area contributed by atoms with E-state index in [4.69, 9.17) is 4.52 Å². The number of thioether (sulfide) groups is 1. The van der Waals surface area contributed by atoms with Crippen LogP contribution < -0.4 is 5.32 Å². The summed E-state index contributed by atoms with van der Waals surface area (Å²) in [6.07, 6.45) is 4.80. The number of carbonyl (C=O) groups is 1. The number of para-hydroxylation sites is 1. The van der Waals surface area contributed by atoms with E-state index in [9.17, 15) is 4.79 Å². The molecule has 1 aliphatic carbocycles. The second-order valence-electron chi connectivity index (χ2n) is 7.39. The van der Waals surface area contributed by atoms with Crippen molar-refractivity contribution in [2.75, 3.05) is 11.6 Å². The first-order valence-corrected chi connectivity index (χ1v) is 9.54. The van der Waals surface area contributed by atoms with Gasteiger partial charge in [0.15, 0.2) is 5.69 Å². The van der Waals surface area contributed by atoms with Crippen LogP contribution in [0.2, 0.25) is 0 Å². The van der Waals surface area contributed by atoms with Crippen LogP contribution >= 0.6 is 11.8 Å².